The van der Waals surface area contributed by atoms with Gasteiger partial charge in [-0.15, -0.1) is 0 Å². The Labute approximate surface area is 90.9 Å². The van der Waals surface area contributed by atoms with Gasteiger partial charge >= 0.3 is 0 Å². The highest BCUT2D eigenvalue weighted by molar-refractivity contribution is 5.40. The lowest BCUT2D eigenvalue weighted by Gasteiger charge is -2.17. The monoisotopic (exact) mass is 206 g/mol. The number of ether oxygens (including phenoxy) is 1. The second-order valence-corrected chi connectivity index (χ2v) is 4.25. The number of para-hydroxylation sites is 1. The lowest BCUT2D eigenvalue weighted by molar-refractivity contribution is 0.198. The maximum absolute atomic E-state index is 9.24. The van der Waals surface area contributed by atoms with Crippen molar-refractivity contribution in [2.75, 3.05) is 0 Å². The molecule has 1 aromatic rings. The first-order chi connectivity index (χ1) is 7.31. The largest absolute Gasteiger partial charge is 0.490 e. The Kier molecular flexibility index (Phi) is 3.27. The van der Waals surface area contributed by atoms with Gasteiger partial charge < -0.3 is 9.84 Å². The van der Waals surface area contributed by atoms with Gasteiger partial charge in [0.25, 0.3) is 0 Å². The Hall–Kier alpha value is -1.02. The molecule has 15 heavy (non-hydrogen) atoms. The number of aliphatic hydroxyl groups is 1. The number of aliphatic hydroxyl groups excluding tert-OH is 1. The van der Waals surface area contributed by atoms with Crippen molar-refractivity contribution in [1.82, 2.24) is 0 Å². The zero-order valence-electron chi connectivity index (χ0n) is 9.20. The van der Waals surface area contributed by atoms with Gasteiger partial charge in [0.05, 0.1) is 12.7 Å². The van der Waals surface area contributed by atoms with E-state index in [2.05, 4.69) is 0 Å². The van der Waals surface area contributed by atoms with Crippen molar-refractivity contribution in [2.24, 2.45) is 0 Å². The first-order valence-electron chi connectivity index (χ1n) is 5.67. The van der Waals surface area contributed by atoms with Gasteiger partial charge in [0.1, 0.15) is 5.75 Å². The average Bonchev–Trinajstić information content (AvgIpc) is 2.74. The molecule has 82 valence electrons. The van der Waals surface area contributed by atoms with Crippen molar-refractivity contribution in [1.29, 1.82) is 0 Å². The van der Waals surface area contributed by atoms with E-state index in [1.54, 1.807) is 0 Å². The number of benzene rings is 1. The second kappa shape index (κ2) is 4.67. The molecule has 0 atom stereocenters. The second-order valence-electron chi connectivity index (χ2n) is 4.25. The first-order valence-corrected chi connectivity index (χ1v) is 5.67. The molecule has 2 rings (SSSR count). The van der Waals surface area contributed by atoms with E-state index >= 15 is 0 Å². The SMILES string of the molecule is Cc1cccc(CO)c1OC1CCCC1. The zero-order valence-corrected chi connectivity index (χ0v) is 9.20. The maximum Gasteiger partial charge on any atom is 0.128 e. The van der Waals surface area contributed by atoms with E-state index in [1.807, 2.05) is 25.1 Å². The molecule has 1 fully saturated rings. The highest BCUT2D eigenvalue weighted by Gasteiger charge is 2.18. The van der Waals surface area contributed by atoms with E-state index in [-0.39, 0.29) is 6.61 Å². The van der Waals surface area contributed by atoms with Crippen LogP contribution in [0.3, 0.4) is 0 Å². The lowest BCUT2D eigenvalue weighted by Crippen LogP contribution is -2.13. The summed E-state index contributed by atoms with van der Waals surface area (Å²) in [5.74, 6) is 0.895. The van der Waals surface area contributed by atoms with Crippen molar-refractivity contribution < 1.29 is 9.84 Å². The molecular formula is C13H18O2. The molecule has 0 heterocycles. The van der Waals surface area contributed by atoms with Gasteiger partial charge in [-0.05, 0) is 38.2 Å². The van der Waals surface area contributed by atoms with Crippen LogP contribution in [0.4, 0.5) is 0 Å². The van der Waals surface area contributed by atoms with Crippen LogP contribution >= 0.6 is 0 Å². The molecular weight excluding hydrogens is 188 g/mol. The fourth-order valence-corrected chi connectivity index (χ4v) is 2.18. The van der Waals surface area contributed by atoms with Crippen molar-refractivity contribution in [3.8, 4) is 5.75 Å². The van der Waals surface area contributed by atoms with Gasteiger partial charge in [0, 0.05) is 5.56 Å². The van der Waals surface area contributed by atoms with Crippen LogP contribution in [-0.2, 0) is 6.61 Å². The Morgan fingerprint density at radius 3 is 2.73 bits per heavy atom. The molecule has 2 nitrogen and oxygen atoms in total. The molecule has 1 aliphatic carbocycles. The molecule has 0 aromatic heterocycles. The minimum absolute atomic E-state index is 0.0593. The van der Waals surface area contributed by atoms with E-state index in [9.17, 15) is 5.11 Å². The smallest absolute Gasteiger partial charge is 0.128 e. The molecule has 0 spiro atoms. The number of aryl methyl sites for hydroxylation is 1. The first kappa shape index (κ1) is 10.5. The van der Waals surface area contributed by atoms with Gasteiger partial charge in [-0.2, -0.15) is 0 Å². The molecule has 0 saturated heterocycles. The average molecular weight is 206 g/mol. The Bertz CT molecular complexity index is 327. The van der Waals surface area contributed by atoms with E-state index in [0.29, 0.717) is 6.10 Å². The van der Waals surface area contributed by atoms with E-state index in [1.165, 1.54) is 12.8 Å². The lowest BCUT2D eigenvalue weighted by atomic mass is 10.1. The Morgan fingerprint density at radius 1 is 1.33 bits per heavy atom. The summed E-state index contributed by atoms with van der Waals surface area (Å²) in [6.45, 7) is 2.09. The van der Waals surface area contributed by atoms with Crippen LogP contribution in [0.1, 0.15) is 36.8 Å². The third-order valence-corrected chi connectivity index (χ3v) is 3.05. The standard InChI is InChI=1S/C13H18O2/c1-10-5-4-6-11(9-14)13(10)15-12-7-2-3-8-12/h4-6,12,14H,2-3,7-9H2,1H3. The van der Waals surface area contributed by atoms with Crippen LogP contribution in [0.2, 0.25) is 0 Å². The predicted octanol–water partition coefficient (Wildman–Crippen LogP) is 2.81. The Balaban J connectivity index is 2.17. The summed E-state index contributed by atoms with van der Waals surface area (Å²) in [7, 11) is 0. The topological polar surface area (TPSA) is 29.5 Å². The quantitative estimate of drug-likeness (QED) is 0.824. The summed E-state index contributed by atoms with van der Waals surface area (Å²) < 4.78 is 5.97. The van der Waals surface area contributed by atoms with Crippen LogP contribution in [0.5, 0.6) is 5.75 Å². The van der Waals surface area contributed by atoms with Gasteiger partial charge in [0.15, 0.2) is 0 Å². The van der Waals surface area contributed by atoms with Crippen molar-refractivity contribution in [2.45, 2.75) is 45.3 Å². The summed E-state index contributed by atoms with van der Waals surface area (Å²) in [5.41, 5.74) is 2.02. The zero-order chi connectivity index (χ0) is 10.7. The molecule has 0 radical (unpaired) electrons. The fourth-order valence-electron chi connectivity index (χ4n) is 2.18. The van der Waals surface area contributed by atoms with Crippen LogP contribution < -0.4 is 4.74 Å². The van der Waals surface area contributed by atoms with Crippen molar-refractivity contribution >= 4 is 0 Å². The van der Waals surface area contributed by atoms with Crippen LogP contribution in [0, 0.1) is 6.92 Å². The highest BCUT2D eigenvalue weighted by Crippen LogP contribution is 2.29. The van der Waals surface area contributed by atoms with Crippen LogP contribution in [0.25, 0.3) is 0 Å². The molecule has 0 bridgehead atoms. The molecule has 1 N–H and O–H groups in total. The normalized spacial score (nSPS) is 16.9. The van der Waals surface area contributed by atoms with E-state index in [4.69, 9.17) is 4.74 Å². The van der Waals surface area contributed by atoms with Gasteiger partial charge in [0.2, 0.25) is 0 Å². The third-order valence-electron chi connectivity index (χ3n) is 3.05. The number of hydrogen-bond acceptors (Lipinski definition) is 2. The molecule has 1 saturated carbocycles. The summed E-state index contributed by atoms with van der Waals surface area (Å²) >= 11 is 0. The highest BCUT2D eigenvalue weighted by atomic mass is 16.5. The predicted molar refractivity (Wildman–Crippen MR) is 60.0 cm³/mol. The maximum atomic E-state index is 9.24. The van der Waals surface area contributed by atoms with Gasteiger partial charge in [-0.3, -0.25) is 0 Å². The van der Waals surface area contributed by atoms with E-state index in [0.717, 1.165) is 29.7 Å². The van der Waals surface area contributed by atoms with Crippen molar-refractivity contribution in [3.05, 3.63) is 29.3 Å². The minimum Gasteiger partial charge on any atom is -0.490 e. The minimum atomic E-state index is 0.0593. The summed E-state index contributed by atoms with van der Waals surface area (Å²) in [4.78, 5) is 0. The van der Waals surface area contributed by atoms with E-state index < -0.39 is 0 Å². The molecule has 0 aliphatic heterocycles. The van der Waals surface area contributed by atoms with Gasteiger partial charge in [-0.1, -0.05) is 18.2 Å². The summed E-state index contributed by atoms with van der Waals surface area (Å²) in [6.07, 6.45) is 5.20. The molecule has 2 heteroatoms. The molecule has 1 aromatic carbocycles. The van der Waals surface area contributed by atoms with Crippen LogP contribution in [-0.4, -0.2) is 11.2 Å². The van der Waals surface area contributed by atoms with Crippen LogP contribution in [0.15, 0.2) is 18.2 Å². The molecule has 1 aliphatic rings. The Morgan fingerprint density at radius 2 is 2.07 bits per heavy atom. The number of rotatable bonds is 3. The summed E-state index contributed by atoms with van der Waals surface area (Å²) in [6, 6.07) is 5.92. The fraction of sp³-hybridized carbons (Fsp3) is 0.538. The summed E-state index contributed by atoms with van der Waals surface area (Å²) in [5, 5.41) is 9.24. The number of hydrogen-bond donors (Lipinski definition) is 1. The third kappa shape index (κ3) is 2.32. The molecule has 0 amide bonds. The molecule has 0 unspecified atom stereocenters. The van der Waals surface area contributed by atoms with Crippen molar-refractivity contribution in [3.63, 3.8) is 0 Å². The van der Waals surface area contributed by atoms with Gasteiger partial charge in [-0.25, -0.2) is 0 Å².